The van der Waals surface area contributed by atoms with Crippen LogP contribution in [0.15, 0.2) is 46.9 Å². The number of carbonyl (C=O) groups excluding carboxylic acids is 2. The van der Waals surface area contributed by atoms with E-state index in [9.17, 15) is 9.59 Å². The van der Waals surface area contributed by atoms with Crippen LogP contribution in [0, 0.1) is 0 Å². The van der Waals surface area contributed by atoms with Gasteiger partial charge < -0.3 is 14.4 Å². The Morgan fingerprint density at radius 1 is 1.22 bits per heavy atom. The summed E-state index contributed by atoms with van der Waals surface area (Å²) in [6, 6.07) is 10.3. The summed E-state index contributed by atoms with van der Waals surface area (Å²) in [7, 11) is 4.82. The predicted molar refractivity (Wildman–Crippen MR) is 110 cm³/mol. The molecular weight excluding hydrogens is 434 g/mol. The first-order valence-corrected chi connectivity index (χ1v) is 9.17. The molecule has 142 valence electrons. The normalized spacial score (nSPS) is 10.7. The van der Waals surface area contributed by atoms with Gasteiger partial charge in [0, 0.05) is 24.7 Å². The van der Waals surface area contributed by atoms with E-state index in [1.54, 1.807) is 56.6 Å². The molecule has 2 aromatic rings. The first-order valence-electron chi connectivity index (χ1n) is 8.00. The molecule has 0 heterocycles. The maximum absolute atomic E-state index is 12.3. The van der Waals surface area contributed by atoms with Gasteiger partial charge in [-0.25, -0.2) is 0 Å². The zero-order valence-corrected chi connectivity index (χ0v) is 17.5. The lowest BCUT2D eigenvalue weighted by atomic mass is 10.1. The third kappa shape index (κ3) is 5.84. The monoisotopic (exact) mass is 451 g/mol. The summed E-state index contributed by atoms with van der Waals surface area (Å²) in [6.07, 6.45) is 3.13. The van der Waals surface area contributed by atoms with Crippen LogP contribution in [0.1, 0.15) is 15.9 Å². The summed E-state index contributed by atoms with van der Waals surface area (Å²) in [5, 5.41) is 0.507. The van der Waals surface area contributed by atoms with Gasteiger partial charge in [0.2, 0.25) is 0 Å². The van der Waals surface area contributed by atoms with Crippen LogP contribution in [-0.2, 0) is 4.79 Å². The maximum Gasteiger partial charge on any atom is 0.259 e. The third-order valence-corrected chi connectivity index (χ3v) is 4.45. The zero-order chi connectivity index (χ0) is 20.0. The molecule has 5 nitrogen and oxygen atoms in total. The van der Waals surface area contributed by atoms with Gasteiger partial charge in [-0.3, -0.25) is 9.59 Å². The van der Waals surface area contributed by atoms with Crippen molar-refractivity contribution in [1.82, 2.24) is 4.90 Å². The number of amides is 1. The van der Waals surface area contributed by atoms with Gasteiger partial charge in [-0.1, -0.05) is 29.8 Å². The Kier molecular flexibility index (Phi) is 7.45. The number of methoxy groups -OCH3 is 1. The highest BCUT2D eigenvalue weighted by atomic mass is 79.9. The molecule has 27 heavy (non-hydrogen) atoms. The van der Waals surface area contributed by atoms with Crippen LogP contribution in [0.4, 0.5) is 0 Å². The van der Waals surface area contributed by atoms with Crippen molar-refractivity contribution in [3.8, 4) is 11.5 Å². The number of halogens is 2. The van der Waals surface area contributed by atoms with Gasteiger partial charge in [-0.05, 0) is 51.8 Å². The van der Waals surface area contributed by atoms with Crippen LogP contribution in [0.5, 0.6) is 11.5 Å². The smallest absolute Gasteiger partial charge is 0.259 e. The van der Waals surface area contributed by atoms with Crippen LogP contribution < -0.4 is 9.47 Å². The number of allylic oxidation sites excluding steroid dienone is 1. The Labute approximate surface area is 171 Å². The van der Waals surface area contributed by atoms with Crippen molar-refractivity contribution in [3.63, 3.8) is 0 Å². The van der Waals surface area contributed by atoms with Gasteiger partial charge >= 0.3 is 0 Å². The highest BCUT2D eigenvalue weighted by Gasteiger charge is 2.14. The molecule has 0 aliphatic heterocycles. The lowest BCUT2D eigenvalue weighted by Crippen LogP contribution is -2.27. The van der Waals surface area contributed by atoms with Crippen molar-refractivity contribution in [3.05, 3.63) is 63.1 Å². The first kappa shape index (κ1) is 21.0. The largest absolute Gasteiger partial charge is 0.493 e. The van der Waals surface area contributed by atoms with Crippen molar-refractivity contribution in [2.24, 2.45) is 0 Å². The van der Waals surface area contributed by atoms with Crippen molar-refractivity contribution in [2.45, 2.75) is 0 Å². The Bertz CT molecular complexity index is 880. The van der Waals surface area contributed by atoms with Gasteiger partial charge in [0.25, 0.3) is 5.91 Å². The Hall–Kier alpha value is -2.31. The molecule has 0 saturated carbocycles. The number of hydrogen-bond donors (Lipinski definition) is 0. The van der Waals surface area contributed by atoms with E-state index in [-0.39, 0.29) is 18.3 Å². The minimum Gasteiger partial charge on any atom is -0.493 e. The minimum absolute atomic E-state index is 0.107. The van der Waals surface area contributed by atoms with Gasteiger partial charge in [-0.15, -0.1) is 0 Å². The average Bonchev–Trinajstić information content (AvgIpc) is 2.64. The minimum atomic E-state index is -0.167. The molecule has 2 aromatic carbocycles. The molecule has 2 rings (SSSR count). The van der Waals surface area contributed by atoms with Gasteiger partial charge in [0.05, 0.1) is 11.6 Å². The number of likely N-dealkylation sites (N-methyl/N-ethyl adjacent to an activating group) is 1. The molecule has 0 aliphatic carbocycles. The maximum atomic E-state index is 12.3. The van der Waals surface area contributed by atoms with E-state index < -0.39 is 0 Å². The zero-order valence-electron chi connectivity index (χ0n) is 15.2. The standard InChI is InChI=1S/C20H19BrClNO4/c1-23(2)19(25)12-27-20-16(21)9-13(10-18(20)26-3)7-8-17(24)14-5-4-6-15(22)11-14/h4-11H,12H2,1-3H3. The molecule has 0 bridgehead atoms. The van der Waals surface area contributed by atoms with E-state index in [4.69, 9.17) is 21.1 Å². The average molecular weight is 453 g/mol. The molecule has 0 aliphatic rings. The van der Waals surface area contributed by atoms with Crippen molar-refractivity contribution in [1.29, 1.82) is 0 Å². The fourth-order valence-corrected chi connectivity index (χ4v) is 2.91. The fourth-order valence-electron chi connectivity index (χ4n) is 2.15. The predicted octanol–water partition coefficient (Wildman–Crippen LogP) is 4.47. The highest BCUT2D eigenvalue weighted by Crippen LogP contribution is 2.37. The molecule has 0 unspecified atom stereocenters. The number of ether oxygens (including phenoxy) is 2. The summed E-state index contributed by atoms with van der Waals surface area (Å²) in [5.74, 6) is 0.543. The van der Waals surface area contributed by atoms with Crippen LogP contribution in [0.25, 0.3) is 6.08 Å². The van der Waals surface area contributed by atoms with Crippen LogP contribution in [0.3, 0.4) is 0 Å². The van der Waals surface area contributed by atoms with E-state index in [2.05, 4.69) is 15.9 Å². The van der Waals surface area contributed by atoms with Gasteiger partial charge in [0.15, 0.2) is 23.9 Å². The molecule has 0 aromatic heterocycles. The first-order chi connectivity index (χ1) is 12.8. The van der Waals surface area contributed by atoms with Crippen molar-refractivity contribution in [2.75, 3.05) is 27.8 Å². The number of nitrogens with zero attached hydrogens (tertiary/aromatic N) is 1. The van der Waals surface area contributed by atoms with Gasteiger partial charge in [-0.2, -0.15) is 0 Å². The third-order valence-electron chi connectivity index (χ3n) is 3.63. The molecule has 0 radical (unpaired) electrons. The Morgan fingerprint density at radius 2 is 1.96 bits per heavy atom. The SMILES string of the molecule is COc1cc(C=CC(=O)c2cccc(Cl)c2)cc(Br)c1OCC(=O)N(C)C. The molecule has 0 atom stereocenters. The molecular formula is C20H19BrClNO4. The van der Waals surface area contributed by atoms with E-state index in [1.165, 1.54) is 18.1 Å². The highest BCUT2D eigenvalue weighted by molar-refractivity contribution is 9.10. The molecule has 0 N–H and O–H groups in total. The van der Waals surface area contributed by atoms with E-state index in [0.717, 1.165) is 5.56 Å². The molecule has 7 heteroatoms. The lowest BCUT2D eigenvalue weighted by Gasteiger charge is -2.15. The molecule has 0 saturated heterocycles. The fraction of sp³-hybridized carbons (Fsp3) is 0.200. The number of ketones is 1. The second-order valence-corrected chi connectivity index (χ2v) is 7.11. The van der Waals surface area contributed by atoms with E-state index >= 15 is 0 Å². The second kappa shape index (κ2) is 9.58. The van der Waals surface area contributed by atoms with Gasteiger partial charge in [0.1, 0.15) is 0 Å². The van der Waals surface area contributed by atoms with Crippen LogP contribution in [-0.4, -0.2) is 44.4 Å². The number of hydrogen-bond acceptors (Lipinski definition) is 4. The topological polar surface area (TPSA) is 55.8 Å². The second-order valence-electron chi connectivity index (χ2n) is 5.82. The summed E-state index contributed by atoms with van der Waals surface area (Å²) in [5.41, 5.74) is 1.24. The summed E-state index contributed by atoms with van der Waals surface area (Å²) >= 11 is 9.34. The van der Waals surface area contributed by atoms with Crippen molar-refractivity contribution < 1.29 is 19.1 Å². The number of rotatable bonds is 7. The number of carbonyl (C=O) groups is 2. The molecule has 0 spiro atoms. The van der Waals surface area contributed by atoms with Crippen molar-refractivity contribution >= 4 is 45.3 Å². The van der Waals surface area contributed by atoms with Crippen LogP contribution >= 0.6 is 27.5 Å². The van der Waals surface area contributed by atoms with Crippen LogP contribution in [0.2, 0.25) is 5.02 Å². The number of benzene rings is 2. The Morgan fingerprint density at radius 3 is 2.59 bits per heavy atom. The summed E-state index contributed by atoms with van der Waals surface area (Å²) in [4.78, 5) is 25.4. The van der Waals surface area contributed by atoms with E-state index in [1.807, 2.05) is 0 Å². The quantitative estimate of drug-likeness (QED) is 0.459. The summed E-state index contributed by atoms with van der Waals surface area (Å²) in [6.45, 7) is -0.107. The lowest BCUT2D eigenvalue weighted by molar-refractivity contribution is -0.130. The molecule has 0 fully saturated rings. The van der Waals surface area contributed by atoms with E-state index in [0.29, 0.717) is 26.6 Å². The Balaban J connectivity index is 2.20. The molecule has 1 amide bonds. The summed E-state index contributed by atoms with van der Waals surface area (Å²) < 4.78 is 11.5.